The van der Waals surface area contributed by atoms with E-state index in [1.807, 2.05) is 0 Å². The average Bonchev–Trinajstić information content (AvgIpc) is 3.09. The number of ether oxygens (including phenoxy) is 1. The molecule has 0 aliphatic carbocycles. The van der Waals surface area contributed by atoms with E-state index in [1.54, 1.807) is 5.32 Å². The third kappa shape index (κ3) is 4.54. The summed E-state index contributed by atoms with van der Waals surface area (Å²) < 4.78 is 31.3. The molecule has 1 heterocycles. The van der Waals surface area contributed by atoms with E-state index in [2.05, 4.69) is 0 Å². The van der Waals surface area contributed by atoms with Gasteiger partial charge < -0.3 is 10.5 Å². The Morgan fingerprint density at radius 3 is 2.48 bits per heavy atom. The largest absolute Gasteiger partial charge is 0.449 e. The number of hydrogen-bond donors (Lipinski definition) is 2. The van der Waals surface area contributed by atoms with Gasteiger partial charge in [-0.2, -0.15) is 4.31 Å². The first-order chi connectivity index (χ1) is 11.7. The fourth-order valence-corrected chi connectivity index (χ4v) is 3.93. The quantitative estimate of drug-likeness (QED) is 0.712. The Labute approximate surface area is 145 Å². The van der Waals surface area contributed by atoms with Crippen LogP contribution in [0, 0.1) is 0 Å². The summed E-state index contributed by atoms with van der Waals surface area (Å²) in [4.78, 5) is 34.3. The number of nitrogens with two attached hydrogens (primary N) is 1. The first-order valence-electron chi connectivity index (χ1n) is 7.63. The van der Waals surface area contributed by atoms with E-state index in [-0.39, 0.29) is 10.5 Å². The van der Waals surface area contributed by atoms with Gasteiger partial charge in [0.25, 0.3) is 5.91 Å². The molecule has 25 heavy (non-hydrogen) atoms. The molecule has 2 rings (SSSR count). The number of carbonyl (C=O) groups is 3. The molecule has 0 unspecified atom stereocenters. The van der Waals surface area contributed by atoms with Crippen LogP contribution in [0.3, 0.4) is 0 Å². The van der Waals surface area contributed by atoms with Crippen LogP contribution < -0.4 is 11.1 Å². The number of imide groups is 1. The lowest BCUT2D eigenvalue weighted by Crippen LogP contribution is -2.42. The molecule has 1 aliphatic heterocycles. The molecule has 10 heteroatoms. The highest BCUT2D eigenvalue weighted by Crippen LogP contribution is 2.22. The molecule has 0 saturated carbocycles. The number of nitrogens with one attached hydrogen (secondary N) is 1. The zero-order chi connectivity index (χ0) is 18.6. The number of nitrogens with zero attached hydrogens (tertiary/aromatic N) is 1. The number of amides is 3. The predicted octanol–water partition coefficient (Wildman–Crippen LogP) is 0.211. The topological polar surface area (TPSA) is 136 Å². The number of carbonyl (C=O) groups excluding carboxylic acids is 3. The minimum Gasteiger partial charge on any atom is -0.449 e. The number of primary amides is 1. The minimum atomic E-state index is -3.67. The highest BCUT2D eigenvalue weighted by molar-refractivity contribution is 7.89. The molecule has 1 aromatic rings. The fourth-order valence-electron chi connectivity index (χ4n) is 2.37. The number of rotatable bonds is 5. The summed E-state index contributed by atoms with van der Waals surface area (Å²) in [6.45, 7) is 2.16. The van der Waals surface area contributed by atoms with Gasteiger partial charge in [-0.25, -0.2) is 18.0 Å². The Kier molecular flexibility index (Phi) is 5.75. The highest BCUT2D eigenvalue weighted by atomic mass is 32.2. The van der Waals surface area contributed by atoms with Crippen molar-refractivity contribution in [1.82, 2.24) is 9.62 Å². The Morgan fingerprint density at radius 2 is 1.88 bits per heavy atom. The molecule has 1 fully saturated rings. The van der Waals surface area contributed by atoms with Gasteiger partial charge in [-0.05, 0) is 38.0 Å². The van der Waals surface area contributed by atoms with Crippen LogP contribution >= 0.6 is 0 Å². The summed E-state index contributed by atoms with van der Waals surface area (Å²) in [7, 11) is -3.67. The summed E-state index contributed by atoms with van der Waals surface area (Å²) in [5.41, 5.74) is 4.80. The maximum absolute atomic E-state index is 12.5. The van der Waals surface area contributed by atoms with Crippen molar-refractivity contribution in [3.05, 3.63) is 29.8 Å². The molecule has 1 aliphatic rings. The van der Waals surface area contributed by atoms with E-state index >= 15 is 0 Å². The zero-order valence-corrected chi connectivity index (χ0v) is 14.4. The van der Waals surface area contributed by atoms with Gasteiger partial charge in [-0.15, -0.1) is 0 Å². The third-order valence-corrected chi connectivity index (χ3v) is 5.57. The molecular weight excluding hydrogens is 350 g/mol. The fraction of sp³-hybridized carbons (Fsp3) is 0.400. The van der Waals surface area contributed by atoms with Crippen molar-refractivity contribution >= 4 is 27.9 Å². The second-order valence-electron chi connectivity index (χ2n) is 5.54. The lowest BCUT2D eigenvalue weighted by Gasteiger charge is -2.16. The first kappa shape index (κ1) is 18.9. The molecule has 136 valence electrons. The van der Waals surface area contributed by atoms with Crippen molar-refractivity contribution in [3.63, 3.8) is 0 Å². The SMILES string of the molecule is C[C@H](OC(=O)c1cccc(S(=O)(=O)N2CCCC2)c1)C(=O)NC(N)=O. The van der Waals surface area contributed by atoms with Crippen LogP contribution in [0.15, 0.2) is 29.2 Å². The number of esters is 1. The minimum absolute atomic E-state index is 0.0148. The summed E-state index contributed by atoms with van der Waals surface area (Å²) in [5.74, 6) is -1.76. The van der Waals surface area contributed by atoms with Crippen molar-refractivity contribution in [1.29, 1.82) is 0 Å². The van der Waals surface area contributed by atoms with Crippen LogP contribution in [0.2, 0.25) is 0 Å². The molecular formula is C15H19N3O6S. The van der Waals surface area contributed by atoms with E-state index in [1.165, 1.54) is 35.5 Å². The molecule has 0 bridgehead atoms. The van der Waals surface area contributed by atoms with Gasteiger partial charge >= 0.3 is 12.0 Å². The summed E-state index contributed by atoms with van der Waals surface area (Å²) >= 11 is 0. The van der Waals surface area contributed by atoms with Crippen LogP contribution in [-0.4, -0.2) is 49.8 Å². The molecule has 3 amide bonds. The van der Waals surface area contributed by atoms with Crippen molar-refractivity contribution in [2.75, 3.05) is 13.1 Å². The van der Waals surface area contributed by atoms with Gasteiger partial charge in [0.2, 0.25) is 10.0 Å². The highest BCUT2D eigenvalue weighted by Gasteiger charge is 2.28. The van der Waals surface area contributed by atoms with Crippen molar-refractivity contribution < 1.29 is 27.5 Å². The molecule has 1 aromatic carbocycles. The normalized spacial score (nSPS) is 16.2. The number of sulfonamides is 1. The van der Waals surface area contributed by atoms with Gasteiger partial charge in [-0.1, -0.05) is 6.07 Å². The van der Waals surface area contributed by atoms with E-state index < -0.39 is 34.0 Å². The predicted molar refractivity (Wildman–Crippen MR) is 87.0 cm³/mol. The third-order valence-electron chi connectivity index (χ3n) is 3.67. The van der Waals surface area contributed by atoms with E-state index in [0.717, 1.165) is 12.8 Å². The van der Waals surface area contributed by atoms with Crippen LogP contribution in [0.25, 0.3) is 0 Å². The van der Waals surface area contributed by atoms with E-state index in [0.29, 0.717) is 13.1 Å². The van der Waals surface area contributed by atoms with Gasteiger partial charge in [-0.3, -0.25) is 10.1 Å². The molecule has 0 spiro atoms. The van der Waals surface area contributed by atoms with Crippen LogP contribution in [-0.2, 0) is 19.6 Å². The molecule has 1 atom stereocenters. The molecule has 0 radical (unpaired) electrons. The van der Waals surface area contributed by atoms with Gasteiger partial charge in [0.05, 0.1) is 10.5 Å². The second kappa shape index (κ2) is 7.62. The summed E-state index contributed by atoms with van der Waals surface area (Å²) in [6, 6.07) is 4.34. The maximum Gasteiger partial charge on any atom is 0.338 e. The summed E-state index contributed by atoms with van der Waals surface area (Å²) in [6.07, 6.45) is 0.333. The van der Waals surface area contributed by atoms with Crippen LogP contribution in [0.4, 0.5) is 4.79 Å². The Hall–Kier alpha value is -2.46. The lowest BCUT2D eigenvalue weighted by atomic mass is 10.2. The monoisotopic (exact) mass is 369 g/mol. The van der Waals surface area contributed by atoms with Gasteiger partial charge in [0.15, 0.2) is 6.10 Å². The molecule has 1 saturated heterocycles. The van der Waals surface area contributed by atoms with Crippen LogP contribution in [0.5, 0.6) is 0 Å². The number of benzene rings is 1. The van der Waals surface area contributed by atoms with Crippen molar-refractivity contribution in [2.45, 2.75) is 30.8 Å². The summed E-state index contributed by atoms with van der Waals surface area (Å²) in [5, 5.41) is 1.79. The second-order valence-corrected chi connectivity index (χ2v) is 7.48. The zero-order valence-electron chi connectivity index (χ0n) is 13.6. The van der Waals surface area contributed by atoms with Gasteiger partial charge in [0, 0.05) is 13.1 Å². The Bertz CT molecular complexity index is 786. The van der Waals surface area contributed by atoms with Crippen molar-refractivity contribution in [2.24, 2.45) is 5.73 Å². The van der Waals surface area contributed by atoms with Crippen molar-refractivity contribution in [3.8, 4) is 0 Å². The van der Waals surface area contributed by atoms with E-state index in [4.69, 9.17) is 10.5 Å². The molecule has 0 aromatic heterocycles. The van der Waals surface area contributed by atoms with E-state index in [9.17, 15) is 22.8 Å². The number of hydrogen-bond acceptors (Lipinski definition) is 6. The number of urea groups is 1. The van der Waals surface area contributed by atoms with Gasteiger partial charge in [0.1, 0.15) is 0 Å². The maximum atomic E-state index is 12.5. The lowest BCUT2D eigenvalue weighted by molar-refractivity contribution is -0.127. The average molecular weight is 369 g/mol. The standard InChI is InChI=1S/C15H19N3O6S/c1-10(13(19)17-15(16)21)24-14(20)11-5-4-6-12(9-11)25(22,23)18-7-2-3-8-18/h4-6,9-10H,2-3,7-8H2,1H3,(H3,16,17,19,21)/t10-/m0/s1. The molecule has 9 nitrogen and oxygen atoms in total. The Balaban J connectivity index is 2.14. The molecule has 3 N–H and O–H groups in total. The first-order valence-corrected chi connectivity index (χ1v) is 9.07. The van der Waals surface area contributed by atoms with Crippen LogP contribution in [0.1, 0.15) is 30.1 Å². The smallest absolute Gasteiger partial charge is 0.338 e. The Morgan fingerprint density at radius 1 is 1.24 bits per heavy atom.